The summed E-state index contributed by atoms with van der Waals surface area (Å²) in [5.74, 6) is -0.192. The van der Waals surface area contributed by atoms with Crippen molar-refractivity contribution in [3.63, 3.8) is 0 Å². The van der Waals surface area contributed by atoms with Crippen LogP contribution in [0.1, 0.15) is 22.3 Å². The van der Waals surface area contributed by atoms with Crippen molar-refractivity contribution >= 4 is 29.0 Å². The van der Waals surface area contributed by atoms with Crippen molar-refractivity contribution in [3.8, 4) is 0 Å². The highest BCUT2D eigenvalue weighted by atomic mass is 16.5. The lowest BCUT2D eigenvalue weighted by Crippen LogP contribution is -2.27. The van der Waals surface area contributed by atoms with Crippen molar-refractivity contribution in [1.82, 2.24) is 5.32 Å². The molecule has 0 saturated carbocycles. The minimum absolute atomic E-state index is 0.192. The van der Waals surface area contributed by atoms with E-state index < -0.39 is 0 Å². The van der Waals surface area contributed by atoms with Crippen LogP contribution in [0.15, 0.2) is 42.5 Å². The normalized spacial score (nSPS) is 10.3. The van der Waals surface area contributed by atoms with Crippen molar-refractivity contribution in [3.05, 3.63) is 53.6 Å². The third-order valence-electron chi connectivity index (χ3n) is 4.07. The monoisotopic (exact) mass is 384 g/mol. The Morgan fingerprint density at radius 3 is 2.39 bits per heavy atom. The van der Waals surface area contributed by atoms with Crippen molar-refractivity contribution in [2.24, 2.45) is 0 Å². The highest BCUT2D eigenvalue weighted by molar-refractivity contribution is 6.03. The number of nitrogens with one attached hydrogen (secondary N) is 3. The molecule has 2 rings (SSSR count). The van der Waals surface area contributed by atoms with Crippen LogP contribution >= 0.6 is 0 Å². The Morgan fingerprint density at radius 1 is 1.04 bits per heavy atom. The van der Waals surface area contributed by atoms with Crippen molar-refractivity contribution in [2.75, 3.05) is 49.9 Å². The van der Waals surface area contributed by atoms with E-state index in [1.807, 2.05) is 56.3 Å². The molecule has 0 aliphatic heterocycles. The summed E-state index contributed by atoms with van der Waals surface area (Å²) in [6.07, 6.45) is 0.733. The van der Waals surface area contributed by atoms with Gasteiger partial charge in [-0.1, -0.05) is 12.1 Å². The number of hydrogen-bond donors (Lipinski definition) is 3. The number of rotatable bonds is 8. The van der Waals surface area contributed by atoms with Gasteiger partial charge in [0.25, 0.3) is 5.91 Å². The van der Waals surface area contributed by atoms with E-state index >= 15 is 0 Å². The topological polar surface area (TPSA) is 82.7 Å². The second-order valence-corrected chi connectivity index (χ2v) is 6.68. The molecular weight excluding hydrogens is 356 g/mol. The van der Waals surface area contributed by atoms with E-state index in [0.29, 0.717) is 30.1 Å². The Bertz CT molecular complexity index is 821. The molecule has 7 heteroatoms. The van der Waals surface area contributed by atoms with Gasteiger partial charge in [0.1, 0.15) is 0 Å². The Morgan fingerprint density at radius 2 is 1.75 bits per heavy atom. The van der Waals surface area contributed by atoms with E-state index in [2.05, 4.69) is 16.0 Å². The number of carbonyl (C=O) groups is 2. The summed E-state index contributed by atoms with van der Waals surface area (Å²) in [5, 5.41) is 8.45. The average molecular weight is 384 g/mol. The van der Waals surface area contributed by atoms with E-state index in [1.165, 1.54) is 0 Å². The van der Waals surface area contributed by atoms with Crippen LogP contribution in [0.2, 0.25) is 0 Å². The Balaban J connectivity index is 2.10. The molecule has 0 bridgehead atoms. The summed E-state index contributed by atoms with van der Waals surface area (Å²) < 4.78 is 5.00. The molecule has 150 valence electrons. The summed E-state index contributed by atoms with van der Waals surface area (Å²) in [7, 11) is 5.37. The van der Waals surface area contributed by atoms with E-state index in [0.717, 1.165) is 17.7 Å². The van der Waals surface area contributed by atoms with Crippen LogP contribution < -0.4 is 20.9 Å². The van der Waals surface area contributed by atoms with E-state index in [-0.39, 0.29) is 11.9 Å². The largest absolute Gasteiger partial charge is 0.385 e. The van der Waals surface area contributed by atoms with Gasteiger partial charge in [0.2, 0.25) is 0 Å². The highest BCUT2D eigenvalue weighted by Gasteiger charge is 2.14. The maximum atomic E-state index is 12.6. The minimum Gasteiger partial charge on any atom is -0.385 e. The number of benzene rings is 2. The predicted octanol–water partition coefficient (Wildman–Crippen LogP) is 3.47. The van der Waals surface area contributed by atoms with Gasteiger partial charge in [-0.2, -0.15) is 0 Å². The first-order valence-electron chi connectivity index (χ1n) is 9.14. The minimum atomic E-state index is -0.366. The van der Waals surface area contributed by atoms with Gasteiger partial charge in [-0.05, 0) is 49.2 Å². The van der Waals surface area contributed by atoms with Gasteiger partial charge in [0.15, 0.2) is 0 Å². The van der Waals surface area contributed by atoms with Gasteiger partial charge < -0.3 is 25.6 Å². The molecule has 0 aliphatic rings. The Labute approximate surface area is 166 Å². The molecule has 0 heterocycles. The molecule has 3 amide bonds. The van der Waals surface area contributed by atoms with Crippen LogP contribution in [-0.2, 0) is 4.74 Å². The molecule has 0 unspecified atom stereocenters. The van der Waals surface area contributed by atoms with Crippen molar-refractivity contribution < 1.29 is 14.3 Å². The molecule has 3 N–H and O–H groups in total. The van der Waals surface area contributed by atoms with Crippen LogP contribution in [0.25, 0.3) is 0 Å². The molecule has 0 aliphatic carbocycles. The van der Waals surface area contributed by atoms with Crippen LogP contribution in [0.5, 0.6) is 0 Å². The quantitative estimate of drug-likeness (QED) is 0.609. The summed E-state index contributed by atoms with van der Waals surface area (Å²) in [4.78, 5) is 26.7. The zero-order chi connectivity index (χ0) is 20.5. The van der Waals surface area contributed by atoms with Gasteiger partial charge in [0.05, 0.1) is 5.56 Å². The van der Waals surface area contributed by atoms with Gasteiger partial charge >= 0.3 is 6.03 Å². The first-order chi connectivity index (χ1) is 13.4. The second kappa shape index (κ2) is 10.3. The Hall–Kier alpha value is -3.06. The molecule has 7 nitrogen and oxygen atoms in total. The van der Waals surface area contributed by atoms with Crippen molar-refractivity contribution in [2.45, 2.75) is 13.3 Å². The molecule has 0 aromatic heterocycles. The lowest BCUT2D eigenvalue weighted by atomic mass is 10.1. The highest BCUT2D eigenvalue weighted by Crippen LogP contribution is 2.23. The lowest BCUT2D eigenvalue weighted by Gasteiger charge is -2.18. The molecular formula is C21H28N4O3. The molecule has 28 heavy (non-hydrogen) atoms. The van der Waals surface area contributed by atoms with Gasteiger partial charge in [-0.25, -0.2) is 4.79 Å². The fourth-order valence-electron chi connectivity index (χ4n) is 2.72. The van der Waals surface area contributed by atoms with Crippen LogP contribution in [-0.4, -0.2) is 46.3 Å². The molecule has 2 aromatic carbocycles. The van der Waals surface area contributed by atoms with Crippen LogP contribution in [0.3, 0.4) is 0 Å². The SMILES string of the molecule is COCCCNC(=O)c1cc(NC(=O)Nc2cccc(C)c2)ccc1N(C)C. The first kappa shape index (κ1) is 21.2. The number of aryl methyl sites for hydroxylation is 1. The van der Waals surface area contributed by atoms with Gasteiger partial charge in [0, 0.05) is 51.4 Å². The molecule has 0 radical (unpaired) electrons. The van der Waals surface area contributed by atoms with Crippen molar-refractivity contribution in [1.29, 1.82) is 0 Å². The fraction of sp³-hybridized carbons (Fsp3) is 0.333. The van der Waals surface area contributed by atoms with E-state index in [9.17, 15) is 9.59 Å². The smallest absolute Gasteiger partial charge is 0.323 e. The molecule has 0 atom stereocenters. The number of amides is 3. The van der Waals surface area contributed by atoms with Crippen LogP contribution in [0, 0.1) is 6.92 Å². The number of nitrogens with zero attached hydrogens (tertiary/aromatic N) is 1. The number of urea groups is 1. The number of ether oxygens (including phenoxy) is 1. The van der Waals surface area contributed by atoms with Crippen LogP contribution in [0.4, 0.5) is 21.9 Å². The molecule has 0 spiro atoms. The summed E-state index contributed by atoms with van der Waals surface area (Å²) in [6, 6.07) is 12.4. The predicted molar refractivity (Wildman–Crippen MR) is 113 cm³/mol. The molecule has 2 aromatic rings. The number of carbonyl (C=O) groups excluding carboxylic acids is 2. The van der Waals surface area contributed by atoms with Gasteiger partial charge in [-0.15, -0.1) is 0 Å². The average Bonchev–Trinajstić information content (AvgIpc) is 2.64. The maximum Gasteiger partial charge on any atom is 0.323 e. The fourth-order valence-corrected chi connectivity index (χ4v) is 2.72. The molecule has 0 fully saturated rings. The van der Waals surface area contributed by atoms with E-state index in [4.69, 9.17) is 4.74 Å². The summed E-state index contributed by atoms with van der Waals surface area (Å²) in [5.41, 5.74) is 3.57. The standard InChI is InChI=1S/C21H28N4O3/c1-15-7-5-8-16(13-15)23-21(27)24-17-9-10-19(25(2)3)18(14-17)20(26)22-11-6-12-28-4/h5,7-10,13-14H,6,11-12H2,1-4H3,(H,22,26)(H2,23,24,27). The number of anilines is 3. The number of hydrogen-bond acceptors (Lipinski definition) is 4. The summed E-state index contributed by atoms with van der Waals surface area (Å²) in [6.45, 7) is 3.06. The summed E-state index contributed by atoms with van der Waals surface area (Å²) >= 11 is 0. The first-order valence-corrected chi connectivity index (χ1v) is 9.14. The third-order valence-corrected chi connectivity index (χ3v) is 4.07. The molecule has 0 saturated heterocycles. The zero-order valence-corrected chi connectivity index (χ0v) is 16.8. The third kappa shape index (κ3) is 6.28. The zero-order valence-electron chi connectivity index (χ0n) is 16.8. The van der Waals surface area contributed by atoms with E-state index in [1.54, 1.807) is 19.2 Å². The van der Waals surface area contributed by atoms with Gasteiger partial charge in [-0.3, -0.25) is 4.79 Å². The number of methoxy groups -OCH3 is 1. The lowest BCUT2D eigenvalue weighted by molar-refractivity contribution is 0.0949. The maximum absolute atomic E-state index is 12.6. The second-order valence-electron chi connectivity index (χ2n) is 6.68. The Kier molecular flexibility index (Phi) is 7.83.